The highest BCUT2D eigenvalue weighted by Gasteiger charge is 2.15. The van der Waals surface area contributed by atoms with E-state index in [2.05, 4.69) is 5.32 Å². The van der Waals surface area contributed by atoms with Crippen LogP contribution in [0.4, 0.5) is 17.2 Å². The second-order valence-electron chi connectivity index (χ2n) is 4.87. The Bertz CT molecular complexity index is 840. The molecule has 2 rings (SSSR count). The lowest BCUT2D eigenvalue weighted by molar-refractivity contribution is 0.601. The van der Waals surface area contributed by atoms with Gasteiger partial charge < -0.3 is 11.1 Å². The number of hydrogen-bond acceptors (Lipinski definition) is 5. The largest absolute Gasteiger partial charge is 0.383 e. The van der Waals surface area contributed by atoms with E-state index < -0.39 is 11.2 Å². The molecule has 7 heteroatoms. The van der Waals surface area contributed by atoms with E-state index in [1.807, 2.05) is 13.0 Å². The first kappa shape index (κ1) is 15.4. The monoisotopic (exact) mass is 299 g/mol. The van der Waals surface area contributed by atoms with Crippen LogP contribution >= 0.6 is 0 Å². The zero-order valence-corrected chi connectivity index (χ0v) is 12.5. The van der Waals surface area contributed by atoms with Crippen LogP contribution in [-0.4, -0.2) is 9.13 Å². The maximum absolute atomic E-state index is 12.2. The quantitative estimate of drug-likeness (QED) is 0.881. The number of hydrogen-bond donors (Lipinski definition) is 2. The van der Waals surface area contributed by atoms with Crippen molar-refractivity contribution in [2.75, 3.05) is 11.1 Å². The molecule has 0 fully saturated rings. The lowest BCUT2D eigenvalue weighted by Crippen LogP contribution is -2.40. The summed E-state index contributed by atoms with van der Waals surface area (Å²) in [5.41, 5.74) is 6.34. The highest BCUT2D eigenvalue weighted by molar-refractivity contribution is 5.69. The molecule has 0 atom stereocenters. The summed E-state index contributed by atoms with van der Waals surface area (Å²) in [5.74, 6) is 0.110. The minimum atomic E-state index is -0.487. The van der Waals surface area contributed by atoms with Crippen molar-refractivity contribution < 1.29 is 0 Å². The zero-order valence-electron chi connectivity index (χ0n) is 12.5. The Kier molecular flexibility index (Phi) is 4.32. The van der Waals surface area contributed by atoms with E-state index in [4.69, 9.17) is 11.0 Å². The van der Waals surface area contributed by atoms with E-state index in [1.165, 1.54) is 11.6 Å². The molecule has 7 nitrogen and oxygen atoms in total. The van der Waals surface area contributed by atoms with Gasteiger partial charge in [0.2, 0.25) is 0 Å². The average molecular weight is 299 g/mol. The van der Waals surface area contributed by atoms with Crippen molar-refractivity contribution in [2.45, 2.75) is 19.9 Å². The Morgan fingerprint density at radius 2 is 1.91 bits per heavy atom. The van der Waals surface area contributed by atoms with Gasteiger partial charge in [0.15, 0.2) is 0 Å². The maximum atomic E-state index is 12.2. The van der Waals surface area contributed by atoms with Gasteiger partial charge in [-0.1, -0.05) is 6.92 Å². The van der Waals surface area contributed by atoms with E-state index in [-0.39, 0.29) is 11.5 Å². The second kappa shape index (κ2) is 6.18. The molecule has 0 saturated carbocycles. The molecular formula is C15H17N5O2. The number of anilines is 3. The molecule has 0 bridgehead atoms. The Balaban J connectivity index is 2.52. The standard InChI is InChI=1S/C15H17N5O2/c1-3-8-20-13(17)12(14(21)19(2)15(20)22)18-11-6-4-10(9-16)5-7-11/h4-7,18H,3,8,17H2,1-2H3. The molecule has 0 spiro atoms. The first-order valence-corrected chi connectivity index (χ1v) is 6.86. The molecule has 0 aliphatic carbocycles. The van der Waals surface area contributed by atoms with Gasteiger partial charge in [-0.2, -0.15) is 5.26 Å². The van der Waals surface area contributed by atoms with Crippen LogP contribution in [0.3, 0.4) is 0 Å². The van der Waals surface area contributed by atoms with Gasteiger partial charge in [0.25, 0.3) is 5.56 Å². The number of nitrogen functional groups attached to an aromatic ring is 1. The van der Waals surface area contributed by atoms with Crippen molar-refractivity contribution in [3.05, 3.63) is 50.7 Å². The Labute approximate surface area is 127 Å². The first-order chi connectivity index (χ1) is 10.5. The summed E-state index contributed by atoms with van der Waals surface area (Å²) in [5, 5.41) is 11.7. The Hall–Kier alpha value is -3.01. The molecule has 0 unspecified atom stereocenters. The summed E-state index contributed by atoms with van der Waals surface area (Å²) in [7, 11) is 1.42. The number of nitrogens with one attached hydrogen (secondary N) is 1. The molecule has 1 aromatic heterocycles. The molecule has 114 valence electrons. The normalized spacial score (nSPS) is 10.2. The summed E-state index contributed by atoms with van der Waals surface area (Å²) >= 11 is 0. The van der Waals surface area contributed by atoms with Crippen LogP contribution in [0.25, 0.3) is 0 Å². The summed E-state index contributed by atoms with van der Waals surface area (Å²) in [6, 6.07) is 8.63. The van der Waals surface area contributed by atoms with Crippen molar-refractivity contribution in [3.63, 3.8) is 0 Å². The van der Waals surface area contributed by atoms with E-state index >= 15 is 0 Å². The van der Waals surface area contributed by atoms with E-state index in [0.717, 1.165) is 11.0 Å². The zero-order chi connectivity index (χ0) is 16.3. The number of nitrogens with two attached hydrogens (primary N) is 1. The summed E-state index contributed by atoms with van der Waals surface area (Å²) in [6.07, 6.45) is 0.721. The van der Waals surface area contributed by atoms with E-state index in [1.54, 1.807) is 24.3 Å². The minimum Gasteiger partial charge on any atom is -0.383 e. The van der Waals surface area contributed by atoms with Crippen molar-refractivity contribution in [1.82, 2.24) is 9.13 Å². The van der Waals surface area contributed by atoms with Crippen molar-refractivity contribution in [1.29, 1.82) is 5.26 Å². The van der Waals surface area contributed by atoms with Crippen LogP contribution < -0.4 is 22.3 Å². The first-order valence-electron chi connectivity index (χ1n) is 6.86. The number of nitriles is 1. The third-order valence-corrected chi connectivity index (χ3v) is 3.31. The number of benzene rings is 1. The molecule has 2 aromatic rings. The SMILES string of the molecule is CCCn1c(N)c(Nc2ccc(C#N)cc2)c(=O)n(C)c1=O. The van der Waals surface area contributed by atoms with Gasteiger partial charge >= 0.3 is 5.69 Å². The van der Waals surface area contributed by atoms with E-state index in [9.17, 15) is 9.59 Å². The van der Waals surface area contributed by atoms with Crippen molar-refractivity contribution in [3.8, 4) is 6.07 Å². The summed E-state index contributed by atoms with van der Waals surface area (Å²) in [4.78, 5) is 24.3. The Morgan fingerprint density at radius 3 is 2.45 bits per heavy atom. The third-order valence-electron chi connectivity index (χ3n) is 3.31. The van der Waals surface area contributed by atoms with Gasteiger partial charge in [0.05, 0.1) is 11.6 Å². The second-order valence-corrected chi connectivity index (χ2v) is 4.87. The highest BCUT2D eigenvalue weighted by Crippen LogP contribution is 2.18. The third kappa shape index (κ3) is 2.72. The van der Waals surface area contributed by atoms with Crippen LogP contribution in [0.15, 0.2) is 33.9 Å². The number of aromatic nitrogens is 2. The fourth-order valence-electron chi connectivity index (χ4n) is 2.11. The van der Waals surface area contributed by atoms with Gasteiger partial charge in [0.1, 0.15) is 11.5 Å². The van der Waals surface area contributed by atoms with Crippen LogP contribution in [0.2, 0.25) is 0 Å². The Morgan fingerprint density at radius 1 is 1.27 bits per heavy atom. The molecule has 0 saturated heterocycles. The molecule has 1 aromatic carbocycles. The van der Waals surface area contributed by atoms with Crippen molar-refractivity contribution >= 4 is 17.2 Å². The molecule has 0 aliphatic heterocycles. The number of nitrogens with zero attached hydrogens (tertiary/aromatic N) is 3. The molecule has 0 aliphatic rings. The predicted octanol–water partition coefficient (Wildman–Crippen LogP) is 1.15. The maximum Gasteiger partial charge on any atom is 0.332 e. The molecule has 0 radical (unpaired) electrons. The van der Waals surface area contributed by atoms with Gasteiger partial charge in [-0.25, -0.2) is 4.79 Å². The predicted molar refractivity (Wildman–Crippen MR) is 85.1 cm³/mol. The topological polar surface area (TPSA) is 106 Å². The van der Waals surface area contributed by atoms with Gasteiger partial charge in [-0.3, -0.25) is 13.9 Å². The van der Waals surface area contributed by atoms with Crippen LogP contribution in [-0.2, 0) is 13.6 Å². The average Bonchev–Trinajstić information content (AvgIpc) is 2.54. The van der Waals surface area contributed by atoms with Gasteiger partial charge in [0, 0.05) is 19.3 Å². The van der Waals surface area contributed by atoms with Gasteiger partial charge in [-0.15, -0.1) is 0 Å². The number of rotatable bonds is 4. The van der Waals surface area contributed by atoms with Crippen molar-refractivity contribution in [2.24, 2.45) is 7.05 Å². The lowest BCUT2D eigenvalue weighted by atomic mass is 10.2. The highest BCUT2D eigenvalue weighted by atomic mass is 16.2. The van der Waals surface area contributed by atoms with Gasteiger partial charge in [-0.05, 0) is 30.7 Å². The van der Waals surface area contributed by atoms with Crippen LogP contribution in [0.1, 0.15) is 18.9 Å². The summed E-state index contributed by atoms with van der Waals surface area (Å²) in [6.45, 7) is 2.35. The molecule has 0 amide bonds. The minimum absolute atomic E-state index is 0.110. The van der Waals surface area contributed by atoms with E-state index in [0.29, 0.717) is 17.8 Å². The van der Waals surface area contributed by atoms with Crippen LogP contribution in [0, 0.1) is 11.3 Å². The molecule has 22 heavy (non-hydrogen) atoms. The lowest BCUT2D eigenvalue weighted by Gasteiger charge is -2.15. The molecule has 1 heterocycles. The smallest absolute Gasteiger partial charge is 0.332 e. The molecular weight excluding hydrogens is 282 g/mol. The fraction of sp³-hybridized carbons (Fsp3) is 0.267. The fourth-order valence-corrected chi connectivity index (χ4v) is 2.11. The molecule has 3 N–H and O–H groups in total. The summed E-state index contributed by atoms with van der Waals surface area (Å²) < 4.78 is 2.39. The van der Waals surface area contributed by atoms with Crippen LogP contribution in [0.5, 0.6) is 0 Å².